The van der Waals surface area contributed by atoms with Gasteiger partial charge in [-0.3, -0.25) is 4.79 Å². The summed E-state index contributed by atoms with van der Waals surface area (Å²) in [5, 5.41) is 0. The van der Waals surface area contributed by atoms with Crippen molar-refractivity contribution in [2.24, 2.45) is 0 Å². The van der Waals surface area contributed by atoms with Gasteiger partial charge in [0, 0.05) is 30.7 Å². The van der Waals surface area contributed by atoms with E-state index >= 15 is 0 Å². The van der Waals surface area contributed by atoms with E-state index in [0.717, 1.165) is 4.47 Å². The van der Waals surface area contributed by atoms with E-state index in [4.69, 9.17) is 0 Å². The van der Waals surface area contributed by atoms with Crippen LogP contribution in [0.2, 0.25) is 0 Å². The Labute approximate surface area is 137 Å². The molecule has 5 heteroatoms. The summed E-state index contributed by atoms with van der Waals surface area (Å²) in [6.07, 6.45) is 0. The Morgan fingerprint density at radius 2 is 1.59 bits per heavy atom. The maximum Gasteiger partial charge on any atom is 0.255 e. The first-order chi connectivity index (χ1) is 10.7. The average Bonchev–Trinajstić information content (AvgIpc) is 2.55. The van der Waals surface area contributed by atoms with Crippen LogP contribution in [0.4, 0.5) is 10.1 Å². The number of para-hydroxylation sites is 1. The molecule has 0 spiro atoms. The molecule has 0 unspecified atom stereocenters. The second-order valence-corrected chi connectivity index (χ2v) is 6.06. The number of piperazine rings is 1. The topological polar surface area (TPSA) is 23.6 Å². The number of benzene rings is 2. The van der Waals surface area contributed by atoms with Crippen molar-refractivity contribution in [2.45, 2.75) is 0 Å². The van der Waals surface area contributed by atoms with Crippen molar-refractivity contribution in [1.29, 1.82) is 0 Å². The highest BCUT2D eigenvalue weighted by Crippen LogP contribution is 2.22. The largest absolute Gasteiger partial charge is 0.366 e. The fourth-order valence-electron chi connectivity index (χ4n) is 2.66. The van der Waals surface area contributed by atoms with Crippen LogP contribution in [0, 0.1) is 5.82 Å². The van der Waals surface area contributed by atoms with Crippen LogP contribution >= 0.6 is 15.9 Å². The molecule has 1 amide bonds. The summed E-state index contributed by atoms with van der Waals surface area (Å²) in [6.45, 7) is 2.46. The molecule has 114 valence electrons. The minimum absolute atomic E-state index is 0.0145. The van der Waals surface area contributed by atoms with E-state index < -0.39 is 0 Å². The number of anilines is 1. The van der Waals surface area contributed by atoms with Crippen molar-refractivity contribution in [3.8, 4) is 0 Å². The van der Waals surface area contributed by atoms with Crippen LogP contribution in [0.3, 0.4) is 0 Å². The molecule has 3 rings (SSSR count). The highest BCUT2D eigenvalue weighted by atomic mass is 79.9. The zero-order chi connectivity index (χ0) is 15.5. The number of hydrogen-bond donors (Lipinski definition) is 0. The highest BCUT2D eigenvalue weighted by molar-refractivity contribution is 9.10. The van der Waals surface area contributed by atoms with Crippen molar-refractivity contribution in [3.63, 3.8) is 0 Å². The molecule has 1 saturated heterocycles. The molecule has 2 aromatic carbocycles. The number of hydrogen-bond acceptors (Lipinski definition) is 2. The minimum Gasteiger partial charge on any atom is -0.366 e. The number of nitrogens with zero attached hydrogens (tertiary/aromatic N) is 2. The van der Waals surface area contributed by atoms with Gasteiger partial charge in [-0.05, 0) is 40.2 Å². The third-order valence-electron chi connectivity index (χ3n) is 3.86. The average molecular weight is 363 g/mol. The summed E-state index contributed by atoms with van der Waals surface area (Å²) >= 11 is 3.41. The monoisotopic (exact) mass is 362 g/mol. The van der Waals surface area contributed by atoms with Crippen molar-refractivity contribution < 1.29 is 9.18 Å². The van der Waals surface area contributed by atoms with Gasteiger partial charge in [0.15, 0.2) is 0 Å². The maximum atomic E-state index is 13.8. The summed E-state index contributed by atoms with van der Waals surface area (Å²) in [4.78, 5) is 16.3. The number of rotatable bonds is 2. The SMILES string of the molecule is O=C(c1ccccc1Br)N1CCN(c2ccccc2F)CC1. The smallest absolute Gasteiger partial charge is 0.255 e. The maximum absolute atomic E-state index is 13.8. The molecule has 0 bridgehead atoms. The summed E-state index contributed by atoms with van der Waals surface area (Å²) in [5.41, 5.74) is 1.28. The molecule has 0 atom stereocenters. The van der Waals surface area contributed by atoms with Gasteiger partial charge in [0.1, 0.15) is 5.82 Å². The summed E-state index contributed by atoms with van der Waals surface area (Å²) < 4.78 is 14.6. The Hall–Kier alpha value is -1.88. The molecular formula is C17H16BrFN2O. The molecule has 0 N–H and O–H groups in total. The Bertz CT molecular complexity index is 684. The lowest BCUT2D eigenvalue weighted by Crippen LogP contribution is -2.49. The first-order valence-corrected chi connectivity index (χ1v) is 7.99. The van der Waals surface area contributed by atoms with E-state index in [1.807, 2.05) is 40.1 Å². The molecule has 0 aromatic heterocycles. The molecule has 1 aliphatic heterocycles. The van der Waals surface area contributed by atoms with Gasteiger partial charge in [-0.25, -0.2) is 4.39 Å². The van der Waals surface area contributed by atoms with Crippen LogP contribution in [0.15, 0.2) is 53.0 Å². The van der Waals surface area contributed by atoms with Gasteiger partial charge >= 0.3 is 0 Å². The van der Waals surface area contributed by atoms with Crippen molar-refractivity contribution >= 4 is 27.5 Å². The Morgan fingerprint density at radius 3 is 2.27 bits per heavy atom. The van der Waals surface area contributed by atoms with Crippen molar-refractivity contribution in [1.82, 2.24) is 4.90 Å². The van der Waals surface area contributed by atoms with E-state index in [0.29, 0.717) is 37.4 Å². The second kappa shape index (κ2) is 6.48. The van der Waals surface area contributed by atoms with Gasteiger partial charge in [0.2, 0.25) is 0 Å². The third-order valence-corrected chi connectivity index (χ3v) is 4.56. The van der Waals surface area contributed by atoms with Crippen LogP contribution in [-0.4, -0.2) is 37.0 Å². The van der Waals surface area contributed by atoms with Gasteiger partial charge < -0.3 is 9.80 Å². The van der Waals surface area contributed by atoms with E-state index in [2.05, 4.69) is 15.9 Å². The first kappa shape index (κ1) is 15.0. The van der Waals surface area contributed by atoms with E-state index in [9.17, 15) is 9.18 Å². The van der Waals surface area contributed by atoms with Crippen LogP contribution in [0.5, 0.6) is 0 Å². The molecule has 0 aliphatic carbocycles. The lowest BCUT2D eigenvalue weighted by Gasteiger charge is -2.36. The van der Waals surface area contributed by atoms with Gasteiger partial charge in [0.05, 0.1) is 11.3 Å². The predicted octanol–water partition coefficient (Wildman–Crippen LogP) is 3.55. The normalized spacial score (nSPS) is 15.0. The Balaban J connectivity index is 1.68. The Morgan fingerprint density at radius 1 is 0.955 bits per heavy atom. The molecule has 3 nitrogen and oxygen atoms in total. The molecule has 1 fully saturated rings. The first-order valence-electron chi connectivity index (χ1n) is 7.20. The van der Waals surface area contributed by atoms with E-state index in [-0.39, 0.29) is 11.7 Å². The second-order valence-electron chi connectivity index (χ2n) is 5.21. The number of amides is 1. The summed E-state index contributed by atoms with van der Waals surface area (Å²) in [7, 11) is 0. The number of halogens is 2. The van der Waals surface area contributed by atoms with Crippen LogP contribution in [0.1, 0.15) is 10.4 Å². The van der Waals surface area contributed by atoms with E-state index in [1.54, 1.807) is 12.1 Å². The predicted molar refractivity (Wildman–Crippen MR) is 88.7 cm³/mol. The van der Waals surface area contributed by atoms with Crippen molar-refractivity contribution in [2.75, 3.05) is 31.1 Å². The molecule has 0 saturated carbocycles. The van der Waals surface area contributed by atoms with Crippen LogP contribution in [-0.2, 0) is 0 Å². The molecule has 1 heterocycles. The summed E-state index contributed by atoms with van der Waals surface area (Å²) in [6, 6.07) is 14.2. The van der Waals surface area contributed by atoms with Crippen molar-refractivity contribution in [3.05, 3.63) is 64.4 Å². The van der Waals surface area contributed by atoms with Gasteiger partial charge in [-0.2, -0.15) is 0 Å². The standard InChI is InChI=1S/C17H16BrFN2O/c18-14-6-2-1-5-13(14)17(22)21-11-9-20(10-12-21)16-8-4-3-7-15(16)19/h1-8H,9-12H2. The zero-order valence-corrected chi connectivity index (χ0v) is 13.6. The quantitative estimate of drug-likeness (QED) is 0.815. The van der Waals surface area contributed by atoms with Gasteiger partial charge in [-0.15, -0.1) is 0 Å². The fraction of sp³-hybridized carbons (Fsp3) is 0.235. The lowest BCUT2D eigenvalue weighted by molar-refractivity contribution is 0.0745. The van der Waals surface area contributed by atoms with E-state index in [1.165, 1.54) is 6.07 Å². The number of carbonyl (C=O) groups is 1. The highest BCUT2D eigenvalue weighted by Gasteiger charge is 2.24. The molecule has 0 radical (unpaired) electrons. The Kier molecular flexibility index (Phi) is 4.43. The van der Waals surface area contributed by atoms with Crippen LogP contribution in [0.25, 0.3) is 0 Å². The molecular weight excluding hydrogens is 347 g/mol. The third kappa shape index (κ3) is 2.99. The van der Waals surface area contributed by atoms with Crippen LogP contribution < -0.4 is 4.90 Å². The van der Waals surface area contributed by atoms with Gasteiger partial charge in [0.25, 0.3) is 5.91 Å². The zero-order valence-electron chi connectivity index (χ0n) is 12.0. The fourth-order valence-corrected chi connectivity index (χ4v) is 3.12. The molecule has 1 aliphatic rings. The summed E-state index contributed by atoms with van der Waals surface area (Å²) in [5.74, 6) is -0.200. The lowest BCUT2D eigenvalue weighted by atomic mass is 10.1. The minimum atomic E-state index is -0.215. The number of carbonyl (C=O) groups excluding carboxylic acids is 1. The molecule has 2 aromatic rings. The van der Waals surface area contributed by atoms with Gasteiger partial charge in [-0.1, -0.05) is 24.3 Å². The molecule has 22 heavy (non-hydrogen) atoms.